The highest BCUT2D eigenvalue weighted by atomic mass is 16.5. The van der Waals surface area contributed by atoms with E-state index in [2.05, 4.69) is 33.1 Å². The number of nitrogens with two attached hydrogens (primary N) is 1. The van der Waals surface area contributed by atoms with Gasteiger partial charge >= 0.3 is 12.1 Å². The van der Waals surface area contributed by atoms with E-state index in [0.29, 0.717) is 86.9 Å². The van der Waals surface area contributed by atoms with Crippen LogP contribution in [0.5, 0.6) is 0 Å². The van der Waals surface area contributed by atoms with Gasteiger partial charge in [0.1, 0.15) is 12.4 Å². The van der Waals surface area contributed by atoms with E-state index in [-0.39, 0.29) is 141 Å². The second-order valence-corrected chi connectivity index (χ2v) is 28.8. The molecule has 1 aliphatic carbocycles. The summed E-state index contributed by atoms with van der Waals surface area (Å²) in [6.45, 7) is 15.8. The maximum absolute atomic E-state index is 14.6. The van der Waals surface area contributed by atoms with Gasteiger partial charge in [-0.25, -0.2) is 9.59 Å². The standard InChI is InChI=1S/C74H113N9O15/c1-13-46(6)67(81(10)72(93)57(44(2)3)40-61(87)68-52-27-30-56(38-52)80(68)9)62(96-11)41-65(90)82-33-19-23-58(82)69(97-12)48(8)59(85)37-51(42-84)35-50-20-17-22-55(36-50)78-74(95)98-43-49-25-28-54(29-26-49)77-70(91)53(21-18-31-76-73(75)94)39-60(86)66(45(4)5)79-63(88)24-15-14-16-32-83-64(89)34-47(7)71(83)92/h17,20,22,25-26,28-29,36,44-48,51-53,56-58,62,66-69,84H,13-16,18-19,21,23-24,27,30-35,37-43H2,1-12H3,(H,77,91)(H,78,95)(H,79,88)(H3,75,76,94)/t46-,47?,48-,51+,52-,53+,56+,57-,58-,62+,66-,67-,68-,69+/m0/s1. The quantitative estimate of drug-likeness (QED) is 0.0270. The zero-order chi connectivity index (χ0) is 72.1. The number of aliphatic hydroxyl groups is 1. The fraction of sp³-hybridized carbons (Fsp3) is 0.689. The average Bonchev–Trinajstić information content (AvgIpc) is 1.58. The lowest BCUT2D eigenvalue weighted by atomic mass is 9.83. The number of ether oxygens (including phenoxy) is 3. The molecule has 7 N–H and O–H groups in total. The number of nitrogens with zero attached hydrogens (tertiary/aromatic N) is 4. The normalized spacial score (nSPS) is 21.2. The van der Waals surface area contributed by atoms with E-state index >= 15 is 0 Å². The molecule has 14 atom stereocenters. The van der Waals surface area contributed by atoms with Crippen molar-refractivity contribution < 1.29 is 72.1 Å². The first-order chi connectivity index (χ1) is 46.6. The molecule has 2 aromatic carbocycles. The van der Waals surface area contributed by atoms with Crippen molar-refractivity contribution in [3.63, 3.8) is 0 Å². The van der Waals surface area contributed by atoms with Crippen LogP contribution in [0, 0.1) is 53.3 Å². The van der Waals surface area contributed by atoms with E-state index in [1.165, 1.54) is 4.90 Å². The summed E-state index contributed by atoms with van der Waals surface area (Å²) >= 11 is 0. The number of benzene rings is 2. The molecule has 2 bridgehead atoms. The Balaban J connectivity index is 0.974. The van der Waals surface area contributed by atoms with Gasteiger partial charge in [-0.05, 0) is 136 Å². The number of fused-ring (bicyclic) bond motifs is 2. The summed E-state index contributed by atoms with van der Waals surface area (Å²) in [6.07, 6.45) is 6.08. The van der Waals surface area contributed by atoms with Crippen molar-refractivity contribution in [2.24, 2.45) is 59.0 Å². The Kier molecular flexibility index (Phi) is 31.3. The highest BCUT2D eigenvalue weighted by Gasteiger charge is 2.49. The number of primary amides is 1. The molecule has 3 saturated heterocycles. The van der Waals surface area contributed by atoms with Gasteiger partial charge in [-0.3, -0.25) is 58.3 Å². The van der Waals surface area contributed by atoms with Crippen LogP contribution in [0.1, 0.15) is 176 Å². The number of likely N-dealkylation sites (N-methyl/N-ethyl adjacent to an activating group) is 2. The molecule has 4 aliphatic rings. The maximum Gasteiger partial charge on any atom is 0.411 e. The monoisotopic (exact) mass is 1370 g/mol. The number of likely N-dealkylation sites (tertiary alicyclic amines) is 3. The molecule has 24 nitrogen and oxygen atoms in total. The molecule has 3 aliphatic heterocycles. The van der Waals surface area contributed by atoms with Crippen LogP contribution < -0.4 is 27.0 Å². The number of hydrogen-bond donors (Lipinski definition) is 6. The smallest absolute Gasteiger partial charge is 0.411 e. The molecule has 3 heterocycles. The number of rotatable bonds is 41. The SMILES string of the molecule is CC[C@H](C)[C@@H]([C@@H](CC(=O)N1CCC[C@H]1[C@H](OC)[C@@H](C)C(=O)C[C@H](CO)Cc1cccc(NC(=O)OCc2ccc(NC(=O)[C@H](CCCNC(N)=O)CC(=O)[C@@H](NC(=O)CCCCCN3C(=O)CC(C)C3=O)C(C)C)cc2)c1)OC)N(C)C(=O)[C@@H](CC(=O)[C@@H]1[C@H]2CC[C@H](C2)N1C)C(C)C. The van der Waals surface area contributed by atoms with Crippen LogP contribution in [0.25, 0.3) is 0 Å². The van der Waals surface area contributed by atoms with E-state index < -0.39 is 72.0 Å². The largest absolute Gasteiger partial charge is 0.444 e. The van der Waals surface area contributed by atoms with E-state index in [9.17, 15) is 57.8 Å². The first-order valence-corrected chi connectivity index (χ1v) is 35.7. The molecule has 1 saturated carbocycles. The van der Waals surface area contributed by atoms with E-state index in [1.54, 1.807) is 101 Å². The third-order valence-electron chi connectivity index (χ3n) is 21.1. The van der Waals surface area contributed by atoms with Gasteiger partial charge in [-0.2, -0.15) is 0 Å². The van der Waals surface area contributed by atoms with Gasteiger partial charge in [0.25, 0.3) is 0 Å². The lowest BCUT2D eigenvalue weighted by Crippen LogP contribution is -2.54. The molecular weight excluding hydrogens is 1250 g/mol. The molecule has 0 spiro atoms. The van der Waals surface area contributed by atoms with Crippen LogP contribution in [0.4, 0.5) is 21.0 Å². The van der Waals surface area contributed by atoms with Crippen molar-refractivity contribution in [2.45, 2.75) is 220 Å². The zero-order valence-electron chi connectivity index (χ0n) is 60.1. The topological polar surface area (TPSA) is 323 Å². The highest BCUT2D eigenvalue weighted by Crippen LogP contribution is 2.43. The van der Waals surface area contributed by atoms with Crippen LogP contribution in [0.3, 0.4) is 0 Å². The van der Waals surface area contributed by atoms with E-state index in [1.807, 2.05) is 33.9 Å². The summed E-state index contributed by atoms with van der Waals surface area (Å²) in [5, 5.41) is 21.6. The van der Waals surface area contributed by atoms with Gasteiger partial charge in [0.15, 0.2) is 11.6 Å². The number of methoxy groups -OCH3 is 2. The van der Waals surface area contributed by atoms with Gasteiger partial charge in [-0.15, -0.1) is 0 Å². The van der Waals surface area contributed by atoms with Crippen molar-refractivity contribution in [3.05, 3.63) is 59.7 Å². The van der Waals surface area contributed by atoms with Crippen LogP contribution in [-0.4, -0.2) is 187 Å². The number of unbranched alkanes of at least 4 members (excludes halogenated alkanes) is 2. The predicted molar refractivity (Wildman–Crippen MR) is 372 cm³/mol. The molecule has 4 fully saturated rings. The first-order valence-electron chi connectivity index (χ1n) is 35.7. The Morgan fingerprint density at radius 1 is 0.806 bits per heavy atom. The Bertz CT molecular complexity index is 3050. The molecule has 6 rings (SSSR count). The number of anilines is 2. The number of carbonyl (C=O) groups excluding carboxylic acids is 11. The number of urea groups is 1. The fourth-order valence-corrected chi connectivity index (χ4v) is 15.2. The number of aliphatic hydroxyl groups excluding tert-OH is 1. The Labute approximate surface area is 580 Å². The summed E-state index contributed by atoms with van der Waals surface area (Å²) in [7, 11) is 6.92. The molecule has 98 heavy (non-hydrogen) atoms. The number of piperidine rings is 1. The molecule has 24 heteroatoms. The van der Waals surface area contributed by atoms with Gasteiger partial charge in [0, 0.05) is 121 Å². The molecular formula is C74H113N9O15. The molecule has 9 amide bonds. The Morgan fingerprint density at radius 2 is 1.53 bits per heavy atom. The molecule has 2 aromatic rings. The first kappa shape index (κ1) is 79.8. The predicted octanol–water partition coefficient (Wildman–Crippen LogP) is 8.24. The van der Waals surface area contributed by atoms with Crippen molar-refractivity contribution in [1.82, 2.24) is 30.2 Å². The second-order valence-electron chi connectivity index (χ2n) is 28.8. The summed E-state index contributed by atoms with van der Waals surface area (Å²) in [5.74, 6) is -4.62. The molecule has 0 radical (unpaired) electrons. The minimum absolute atomic E-state index is 0.000189. The Hall–Kier alpha value is -7.15. The number of nitrogens with one attached hydrogen (secondary N) is 4. The van der Waals surface area contributed by atoms with Gasteiger partial charge < -0.3 is 50.8 Å². The van der Waals surface area contributed by atoms with E-state index in [4.69, 9.17) is 19.9 Å². The van der Waals surface area contributed by atoms with Crippen LogP contribution >= 0.6 is 0 Å². The summed E-state index contributed by atoms with van der Waals surface area (Å²) in [4.78, 5) is 154. The number of imide groups is 1. The highest BCUT2D eigenvalue weighted by molar-refractivity contribution is 6.03. The van der Waals surface area contributed by atoms with Crippen molar-refractivity contribution in [2.75, 3.05) is 65.2 Å². The van der Waals surface area contributed by atoms with Gasteiger partial charge in [0.2, 0.25) is 35.4 Å². The molecule has 544 valence electrons. The minimum Gasteiger partial charge on any atom is -0.444 e. The van der Waals surface area contributed by atoms with Crippen LogP contribution in [0.2, 0.25) is 0 Å². The third-order valence-corrected chi connectivity index (χ3v) is 21.1. The summed E-state index contributed by atoms with van der Waals surface area (Å²) < 4.78 is 17.8. The van der Waals surface area contributed by atoms with Crippen molar-refractivity contribution >= 4 is 76.3 Å². The average molecular weight is 1370 g/mol. The molecule has 1 unspecified atom stereocenters. The van der Waals surface area contributed by atoms with Crippen molar-refractivity contribution in [1.29, 1.82) is 0 Å². The summed E-state index contributed by atoms with van der Waals surface area (Å²) in [6, 6.07) is 11.5. The zero-order valence-corrected chi connectivity index (χ0v) is 60.1. The number of carbonyl (C=O) groups is 11. The van der Waals surface area contributed by atoms with Crippen molar-refractivity contribution in [3.8, 4) is 0 Å². The van der Waals surface area contributed by atoms with Crippen LogP contribution in [-0.2, 0) is 70.4 Å². The lowest BCUT2D eigenvalue weighted by Gasteiger charge is -2.41. The number of Topliss-reactive ketones (excluding diaryl/α,β-unsaturated/α-hetero) is 3. The van der Waals surface area contributed by atoms with Gasteiger partial charge in [-0.1, -0.05) is 92.5 Å². The number of amides is 9. The maximum atomic E-state index is 14.6. The lowest BCUT2D eigenvalue weighted by molar-refractivity contribution is -0.149. The minimum atomic E-state index is -0.868. The van der Waals surface area contributed by atoms with Gasteiger partial charge in [0.05, 0.1) is 42.8 Å². The molecule has 0 aromatic heterocycles. The van der Waals surface area contributed by atoms with E-state index in [0.717, 1.165) is 31.2 Å². The Morgan fingerprint density at radius 3 is 2.14 bits per heavy atom. The second kappa shape index (κ2) is 38.4. The number of hydrogen-bond acceptors (Lipinski definition) is 16. The third kappa shape index (κ3) is 22.2. The fourth-order valence-electron chi connectivity index (χ4n) is 15.2. The van der Waals surface area contributed by atoms with Crippen LogP contribution in [0.15, 0.2) is 48.5 Å². The summed E-state index contributed by atoms with van der Waals surface area (Å²) in [5.41, 5.74) is 7.46. The number of ketones is 3.